The predicted octanol–water partition coefficient (Wildman–Crippen LogP) is 4.99. The molecule has 0 saturated carbocycles. The molecule has 0 spiro atoms. The van der Waals surface area contributed by atoms with Crippen LogP contribution >= 0.6 is 0 Å². The average Bonchev–Trinajstić information content (AvgIpc) is 3.20. The van der Waals surface area contributed by atoms with Crippen LogP contribution in [0.5, 0.6) is 5.75 Å². The van der Waals surface area contributed by atoms with Crippen molar-refractivity contribution < 1.29 is 9.13 Å². The van der Waals surface area contributed by atoms with E-state index in [1.54, 1.807) is 12.1 Å². The highest BCUT2D eigenvalue weighted by Gasteiger charge is 2.25. The SMILES string of the molecule is CCOc1ccc(CN2CCCC(c3[nH]ncc3-c3cccc(F)c3)C2)cc1. The van der Waals surface area contributed by atoms with Crippen molar-refractivity contribution in [2.24, 2.45) is 0 Å². The molecule has 1 saturated heterocycles. The Bertz CT molecular complexity index is 906. The first-order chi connectivity index (χ1) is 13.7. The zero-order chi connectivity index (χ0) is 19.3. The van der Waals surface area contributed by atoms with Gasteiger partial charge < -0.3 is 4.74 Å². The van der Waals surface area contributed by atoms with Crippen molar-refractivity contribution in [3.05, 3.63) is 71.8 Å². The summed E-state index contributed by atoms with van der Waals surface area (Å²) in [6.07, 6.45) is 4.07. The molecule has 1 aliphatic heterocycles. The molecule has 1 fully saturated rings. The number of aromatic nitrogens is 2. The first-order valence-corrected chi connectivity index (χ1v) is 9.96. The number of nitrogens with one attached hydrogen (secondary N) is 1. The largest absolute Gasteiger partial charge is 0.494 e. The summed E-state index contributed by atoms with van der Waals surface area (Å²) in [7, 11) is 0. The Hall–Kier alpha value is -2.66. The van der Waals surface area contributed by atoms with Crippen LogP contribution in [0.4, 0.5) is 4.39 Å². The van der Waals surface area contributed by atoms with E-state index in [1.807, 2.05) is 31.3 Å². The summed E-state index contributed by atoms with van der Waals surface area (Å²) in [5, 5.41) is 7.44. The smallest absolute Gasteiger partial charge is 0.123 e. The fourth-order valence-corrected chi connectivity index (χ4v) is 4.04. The highest BCUT2D eigenvalue weighted by molar-refractivity contribution is 5.65. The summed E-state index contributed by atoms with van der Waals surface area (Å²) in [6.45, 7) is 5.66. The molecule has 4 nitrogen and oxygen atoms in total. The third-order valence-electron chi connectivity index (χ3n) is 5.36. The quantitative estimate of drug-likeness (QED) is 0.656. The number of piperidine rings is 1. The van der Waals surface area contributed by atoms with E-state index in [1.165, 1.54) is 11.6 Å². The van der Waals surface area contributed by atoms with Crippen molar-refractivity contribution in [1.29, 1.82) is 0 Å². The molecule has 28 heavy (non-hydrogen) atoms. The van der Waals surface area contributed by atoms with Gasteiger partial charge in [-0.15, -0.1) is 0 Å². The molecule has 146 valence electrons. The first-order valence-electron chi connectivity index (χ1n) is 9.96. The lowest BCUT2D eigenvalue weighted by molar-refractivity contribution is 0.198. The fraction of sp³-hybridized carbons (Fsp3) is 0.348. The molecule has 0 amide bonds. The maximum absolute atomic E-state index is 13.7. The second-order valence-electron chi connectivity index (χ2n) is 7.36. The Morgan fingerprint density at radius 3 is 2.86 bits per heavy atom. The van der Waals surface area contributed by atoms with Gasteiger partial charge in [-0.2, -0.15) is 5.10 Å². The predicted molar refractivity (Wildman–Crippen MR) is 109 cm³/mol. The van der Waals surface area contributed by atoms with Gasteiger partial charge in [-0.3, -0.25) is 10.00 Å². The van der Waals surface area contributed by atoms with Crippen LogP contribution in [0.1, 0.15) is 36.9 Å². The molecule has 1 aromatic heterocycles. The zero-order valence-corrected chi connectivity index (χ0v) is 16.2. The van der Waals surface area contributed by atoms with Gasteiger partial charge in [0.1, 0.15) is 11.6 Å². The van der Waals surface area contributed by atoms with Gasteiger partial charge in [0.2, 0.25) is 0 Å². The van der Waals surface area contributed by atoms with E-state index in [0.29, 0.717) is 12.5 Å². The molecule has 2 aromatic carbocycles. The summed E-state index contributed by atoms with van der Waals surface area (Å²) in [6, 6.07) is 15.1. The van der Waals surface area contributed by atoms with Crippen molar-refractivity contribution in [3.8, 4) is 16.9 Å². The maximum Gasteiger partial charge on any atom is 0.123 e. The summed E-state index contributed by atoms with van der Waals surface area (Å²) in [4.78, 5) is 2.49. The molecule has 0 bridgehead atoms. The van der Waals surface area contributed by atoms with Gasteiger partial charge in [0.15, 0.2) is 0 Å². The molecule has 5 heteroatoms. The van der Waals surface area contributed by atoms with Gasteiger partial charge in [0.05, 0.1) is 12.8 Å². The number of hydrogen-bond donors (Lipinski definition) is 1. The van der Waals surface area contributed by atoms with E-state index in [4.69, 9.17) is 4.74 Å². The minimum Gasteiger partial charge on any atom is -0.494 e. The van der Waals surface area contributed by atoms with Crippen LogP contribution in [-0.4, -0.2) is 34.8 Å². The van der Waals surface area contributed by atoms with Gasteiger partial charge in [0.25, 0.3) is 0 Å². The van der Waals surface area contributed by atoms with E-state index < -0.39 is 0 Å². The normalized spacial score (nSPS) is 17.6. The number of halogens is 1. The number of H-pyrrole nitrogens is 1. The molecular formula is C23H26FN3O. The van der Waals surface area contributed by atoms with Crippen LogP contribution < -0.4 is 4.74 Å². The molecular weight excluding hydrogens is 353 g/mol. The summed E-state index contributed by atoms with van der Waals surface area (Å²) in [5.74, 6) is 1.07. The van der Waals surface area contributed by atoms with Crippen molar-refractivity contribution in [2.75, 3.05) is 19.7 Å². The van der Waals surface area contributed by atoms with E-state index in [2.05, 4.69) is 27.2 Å². The minimum atomic E-state index is -0.217. The minimum absolute atomic E-state index is 0.217. The number of rotatable bonds is 6. The molecule has 4 rings (SSSR count). The molecule has 0 aliphatic carbocycles. The van der Waals surface area contributed by atoms with Gasteiger partial charge in [0, 0.05) is 30.3 Å². The summed E-state index contributed by atoms with van der Waals surface area (Å²) in [5.41, 5.74) is 4.29. The second-order valence-corrected chi connectivity index (χ2v) is 7.36. The van der Waals surface area contributed by atoms with Crippen LogP contribution in [0, 0.1) is 5.82 Å². The lowest BCUT2D eigenvalue weighted by Gasteiger charge is -2.32. The zero-order valence-electron chi connectivity index (χ0n) is 16.2. The van der Waals surface area contributed by atoms with Gasteiger partial charge in [-0.05, 0) is 61.7 Å². The number of aromatic amines is 1. The van der Waals surface area contributed by atoms with Crippen LogP contribution in [0.2, 0.25) is 0 Å². The van der Waals surface area contributed by atoms with Crippen molar-refractivity contribution in [3.63, 3.8) is 0 Å². The van der Waals surface area contributed by atoms with Gasteiger partial charge in [-0.25, -0.2) is 4.39 Å². The summed E-state index contributed by atoms with van der Waals surface area (Å²) < 4.78 is 19.2. The lowest BCUT2D eigenvalue weighted by atomic mass is 9.90. The molecule has 1 unspecified atom stereocenters. The van der Waals surface area contributed by atoms with E-state index in [-0.39, 0.29) is 5.82 Å². The highest BCUT2D eigenvalue weighted by Crippen LogP contribution is 2.33. The number of likely N-dealkylation sites (tertiary alicyclic amines) is 1. The van der Waals surface area contributed by atoms with Crippen LogP contribution in [0.3, 0.4) is 0 Å². The van der Waals surface area contributed by atoms with Crippen molar-refractivity contribution in [1.82, 2.24) is 15.1 Å². The Labute approximate surface area is 165 Å². The number of hydrogen-bond acceptors (Lipinski definition) is 3. The van der Waals surface area contributed by atoms with Crippen molar-refractivity contribution >= 4 is 0 Å². The molecule has 1 atom stereocenters. The van der Waals surface area contributed by atoms with Crippen LogP contribution in [0.15, 0.2) is 54.7 Å². The van der Waals surface area contributed by atoms with Gasteiger partial charge >= 0.3 is 0 Å². The molecule has 1 aliphatic rings. The Morgan fingerprint density at radius 2 is 2.07 bits per heavy atom. The van der Waals surface area contributed by atoms with Crippen LogP contribution in [-0.2, 0) is 6.54 Å². The molecule has 0 radical (unpaired) electrons. The summed E-state index contributed by atoms with van der Waals surface area (Å²) >= 11 is 0. The Kier molecular flexibility index (Phi) is 5.72. The average molecular weight is 379 g/mol. The standard InChI is InChI=1S/C23H26FN3O/c1-2-28-21-10-8-17(9-11-21)15-27-12-4-6-19(16-27)23-22(14-25-26-23)18-5-3-7-20(24)13-18/h3,5,7-11,13-14,19H,2,4,6,12,15-16H2,1H3,(H,25,26). The monoisotopic (exact) mass is 379 g/mol. The van der Waals surface area contributed by atoms with Gasteiger partial charge in [-0.1, -0.05) is 24.3 Å². The molecule has 1 N–H and O–H groups in total. The maximum atomic E-state index is 13.7. The molecule has 2 heterocycles. The first kappa shape index (κ1) is 18.7. The van der Waals surface area contributed by atoms with E-state index >= 15 is 0 Å². The number of benzene rings is 2. The lowest BCUT2D eigenvalue weighted by Crippen LogP contribution is -2.34. The molecule has 3 aromatic rings. The number of ether oxygens (including phenoxy) is 1. The topological polar surface area (TPSA) is 41.1 Å². The number of nitrogens with zero attached hydrogens (tertiary/aromatic N) is 2. The second kappa shape index (κ2) is 8.57. The Balaban J connectivity index is 1.47. The van der Waals surface area contributed by atoms with Crippen LogP contribution in [0.25, 0.3) is 11.1 Å². The fourth-order valence-electron chi connectivity index (χ4n) is 4.04. The van der Waals surface area contributed by atoms with E-state index in [0.717, 1.165) is 55.0 Å². The highest BCUT2D eigenvalue weighted by atomic mass is 19.1. The third-order valence-corrected chi connectivity index (χ3v) is 5.36. The third kappa shape index (κ3) is 4.25. The Morgan fingerprint density at radius 1 is 1.21 bits per heavy atom. The van der Waals surface area contributed by atoms with E-state index in [9.17, 15) is 4.39 Å². The van der Waals surface area contributed by atoms with Crippen molar-refractivity contribution in [2.45, 2.75) is 32.2 Å².